The highest BCUT2D eigenvalue weighted by atomic mass is 35.5. The number of para-hydroxylation sites is 1. The van der Waals surface area contributed by atoms with E-state index in [1.807, 2.05) is 47.4 Å². The zero-order valence-electron chi connectivity index (χ0n) is 16.0. The Morgan fingerprint density at radius 2 is 2.00 bits per heavy atom. The summed E-state index contributed by atoms with van der Waals surface area (Å²) in [5.74, 6) is 0.977. The SMILES string of the molecule is Cl.O=C(OCc1ccccc1)N1CCN[C@H](CCSc2nc3ccccc3s2)C1. The van der Waals surface area contributed by atoms with E-state index in [4.69, 9.17) is 4.74 Å². The number of carbonyl (C=O) groups is 1. The highest BCUT2D eigenvalue weighted by molar-refractivity contribution is 8.01. The zero-order chi connectivity index (χ0) is 19.2. The average molecular weight is 450 g/mol. The lowest BCUT2D eigenvalue weighted by atomic mass is 10.2. The first kappa shape index (κ1) is 21.9. The maximum absolute atomic E-state index is 12.4. The van der Waals surface area contributed by atoms with Crippen molar-refractivity contribution in [1.82, 2.24) is 15.2 Å². The maximum Gasteiger partial charge on any atom is 0.410 e. The molecule has 8 heteroatoms. The number of ether oxygens (including phenoxy) is 1. The fourth-order valence-electron chi connectivity index (χ4n) is 3.20. The number of fused-ring (bicyclic) bond motifs is 1. The Kier molecular flexibility index (Phi) is 8.18. The molecule has 1 saturated heterocycles. The molecule has 0 saturated carbocycles. The van der Waals surface area contributed by atoms with E-state index in [1.165, 1.54) is 4.70 Å². The minimum Gasteiger partial charge on any atom is -0.445 e. The molecule has 1 aliphatic heterocycles. The lowest BCUT2D eigenvalue weighted by molar-refractivity contribution is 0.0847. The summed E-state index contributed by atoms with van der Waals surface area (Å²) in [6.07, 6.45) is 0.762. The smallest absolute Gasteiger partial charge is 0.410 e. The molecule has 3 aromatic rings. The summed E-state index contributed by atoms with van der Waals surface area (Å²) in [5, 5.41) is 3.51. The van der Waals surface area contributed by atoms with Gasteiger partial charge in [-0.05, 0) is 24.1 Å². The van der Waals surface area contributed by atoms with Crippen molar-refractivity contribution in [2.24, 2.45) is 0 Å². The predicted octanol–water partition coefficient (Wildman–Crippen LogP) is 4.81. The lowest BCUT2D eigenvalue weighted by Crippen LogP contribution is -2.52. The van der Waals surface area contributed by atoms with Crippen LogP contribution in [0.25, 0.3) is 10.2 Å². The molecule has 1 atom stereocenters. The molecule has 0 spiro atoms. The van der Waals surface area contributed by atoms with Gasteiger partial charge in [-0.1, -0.05) is 54.2 Å². The van der Waals surface area contributed by atoms with Crippen LogP contribution in [-0.4, -0.2) is 47.4 Å². The second-order valence-corrected chi connectivity index (χ2v) is 9.09. The highest BCUT2D eigenvalue weighted by Gasteiger charge is 2.24. The molecule has 1 aromatic heterocycles. The summed E-state index contributed by atoms with van der Waals surface area (Å²) in [4.78, 5) is 18.9. The second kappa shape index (κ2) is 10.8. The summed E-state index contributed by atoms with van der Waals surface area (Å²) in [5.41, 5.74) is 2.08. The molecule has 0 radical (unpaired) electrons. The predicted molar refractivity (Wildman–Crippen MR) is 122 cm³/mol. The number of halogens is 1. The number of thioether (sulfide) groups is 1. The van der Waals surface area contributed by atoms with E-state index >= 15 is 0 Å². The number of aromatic nitrogens is 1. The van der Waals surface area contributed by atoms with E-state index in [2.05, 4.69) is 22.4 Å². The van der Waals surface area contributed by atoms with Gasteiger partial charge < -0.3 is 15.0 Å². The quantitative estimate of drug-likeness (QED) is 0.547. The summed E-state index contributed by atoms with van der Waals surface area (Å²) < 4.78 is 7.81. The minimum absolute atomic E-state index is 0. The molecule has 2 aromatic carbocycles. The number of rotatable bonds is 6. The molecule has 154 valence electrons. The summed E-state index contributed by atoms with van der Waals surface area (Å²) in [6, 6.07) is 18.3. The Morgan fingerprint density at radius 1 is 1.21 bits per heavy atom. The van der Waals surface area contributed by atoms with E-state index in [0.717, 1.165) is 34.1 Å². The Bertz CT molecular complexity index is 889. The number of nitrogens with one attached hydrogen (secondary N) is 1. The van der Waals surface area contributed by atoms with Crippen molar-refractivity contribution < 1.29 is 9.53 Å². The van der Waals surface area contributed by atoms with Crippen molar-refractivity contribution >= 4 is 51.8 Å². The van der Waals surface area contributed by atoms with E-state index in [-0.39, 0.29) is 18.5 Å². The average Bonchev–Trinajstić information content (AvgIpc) is 3.16. The number of hydrogen-bond acceptors (Lipinski definition) is 6. The van der Waals surface area contributed by atoms with Gasteiger partial charge >= 0.3 is 6.09 Å². The standard InChI is InChI=1S/C21H23N3O2S2.ClH/c25-21(26-15-16-6-2-1-3-7-16)24-12-11-22-17(14-24)10-13-27-20-23-18-8-4-5-9-19(18)28-20;/h1-9,17,22H,10-15H2;1H/t17-;/m1./s1. The van der Waals surface area contributed by atoms with Crippen molar-refractivity contribution in [2.45, 2.75) is 23.4 Å². The van der Waals surface area contributed by atoms with E-state index in [1.54, 1.807) is 23.1 Å². The van der Waals surface area contributed by atoms with Crippen LogP contribution in [-0.2, 0) is 11.3 Å². The molecule has 2 heterocycles. The largest absolute Gasteiger partial charge is 0.445 e. The van der Waals surface area contributed by atoms with Crippen LogP contribution >= 0.6 is 35.5 Å². The number of nitrogens with zero attached hydrogens (tertiary/aromatic N) is 2. The summed E-state index contributed by atoms with van der Waals surface area (Å²) >= 11 is 3.53. The van der Waals surface area contributed by atoms with Gasteiger partial charge in [0.15, 0.2) is 4.34 Å². The number of benzene rings is 2. The van der Waals surface area contributed by atoms with Crippen LogP contribution in [0.2, 0.25) is 0 Å². The molecule has 1 fully saturated rings. The van der Waals surface area contributed by atoms with Crippen molar-refractivity contribution in [2.75, 3.05) is 25.4 Å². The fourth-order valence-corrected chi connectivity index (χ4v) is 5.39. The third kappa shape index (κ3) is 6.09. The number of hydrogen-bond donors (Lipinski definition) is 1. The number of thiazole rings is 1. The number of piperazine rings is 1. The van der Waals surface area contributed by atoms with Gasteiger partial charge in [-0.15, -0.1) is 23.7 Å². The molecule has 29 heavy (non-hydrogen) atoms. The molecular weight excluding hydrogens is 426 g/mol. The minimum atomic E-state index is -0.228. The molecule has 1 aliphatic rings. The van der Waals surface area contributed by atoms with Gasteiger partial charge in [-0.2, -0.15) is 0 Å². The third-order valence-corrected chi connectivity index (χ3v) is 6.90. The second-order valence-electron chi connectivity index (χ2n) is 6.72. The zero-order valence-corrected chi connectivity index (χ0v) is 18.4. The first-order valence-electron chi connectivity index (χ1n) is 9.45. The van der Waals surface area contributed by atoms with Crippen LogP contribution in [0, 0.1) is 0 Å². The van der Waals surface area contributed by atoms with Crippen LogP contribution in [0.15, 0.2) is 58.9 Å². The van der Waals surface area contributed by atoms with Crippen LogP contribution in [0.4, 0.5) is 4.79 Å². The number of amides is 1. The normalized spacial score (nSPS) is 16.4. The van der Waals surface area contributed by atoms with E-state index in [9.17, 15) is 4.79 Å². The monoisotopic (exact) mass is 449 g/mol. The first-order valence-corrected chi connectivity index (χ1v) is 11.3. The van der Waals surface area contributed by atoms with E-state index < -0.39 is 0 Å². The molecule has 1 N–H and O–H groups in total. The molecule has 4 rings (SSSR count). The van der Waals surface area contributed by atoms with E-state index in [0.29, 0.717) is 25.7 Å². The Morgan fingerprint density at radius 3 is 2.83 bits per heavy atom. The van der Waals surface area contributed by atoms with Crippen LogP contribution in [0.5, 0.6) is 0 Å². The molecule has 0 aliphatic carbocycles. The molecular formula is C21H24ClN3O2S2. The van der Waals surface area contributed by atoms with Gasteiger partial charge in [0.1, 0.15) is 6.61 Å². The lowest BCUT2D eigenvalue weighted by Gasteiger charge is -2.33. The highest BCUT2D eigenvalue weighted by Crippen LogP contribution is 2.29. The fraction of sp³-hybridized carbons (Fsp3) is 0.333. The molecule has 5 nitrogen and oxygen atoms in total. The van der Waals surface area contributed by atoms with Gasteiger partial charge in [0, 0.05) is 31.4 Å². The molecule has 1 amide bonds. The van der Waals surface area contributed by atoms with Crippen molar-refractivity contribution in [1.29, 1.82) is 0 Å². The van der Waals surface area contributed by atoms with Crippen LogP contribution < -0.4 is 5.32 Å². The van der Waals surface area contributed by atoms with Gasteiger partial charge in [-0.3, -0.25) is 0 Å². The summed E-state index contributed by atoms with van der Waals surface area (Å²) in [7, 11) is 0. The maximum atomic E-state index is 12.4. The van der Waals surface area contributed by atoms with Crippen LogP contribution in [0.3, 0.4) is 0 Å². The van der Waals surface area contributed by atoms with Crippen molar-refractivity contribution in [3.8, 4) is 0 Å². The molecule has 0 unspecified atom stereocenters. The Balaban J connectivity index is 0.00000240. The Labute approximate surface area is 185 Å². The van der Waals surface area contributed by atoms with Crippen molar-refractivity contribution in [3.63, 3.8) is 0 Å². The Hall–Kier alpha value is -1.80. The van der Waals surface area contributed by atoms with Crippen molar-refractivity contribution in [3.05, 3.63) is 60.2 Å². The topological polar surface area (TPSA) is 54.5 Å². The summed E-state index contributed by atoms with van der Waals surface area (Å²) in [6.45, 7) is 2.50. The van der Waals surface area contributed by atoms with Gasteiger partial charge in [-0.25, -0.2) is 9.78 Å². The molecule has 0 bridgehead atoms. The van der Waals surface area contributed by atoms with Gasteiger partial charge in [0.2, 0.25) is 0 Å². The van der Waals surface area contributed by atoms with Gasteiger partial charge in [0.05, 0.1) is 10.2 Å². The third-order valence-electron chi connectivity index (χ3n) is 4.68. The van der Waals surface area contributed by atoms with Gasteiger partial charge in [0.25, 0.3) is 0 Å². The number of carbonyl (C=O) groups excluding carboxylic acids is 1. The van der Waals surface area contributed by atoms with Crippen LogP contribution in [0.1, 0.15) is 12.0 Å². The first-order chi connectivity index (χ1) is 13.8.